The highest BCUT2D eigenvalue weighted by molar-refractivity contribution is 7.98. The zero-order chi connectivity index (χ0) is 21.7. The zero-order valence-electron chi connectivity index (χ0n) is 17.4. The molecule has 0 N–H and O–H groups in total. The van der Waals surface area contributed by atoms with Gasteiger partial charge in [-0.25, -0.2) is 4.98 Å². The maximum Gasteiger partial charge on any atom is 0.296 e. The van der Waals surface area contributed by atoms with Gasteiger partial charge in [0.05, 0.1) is 17.0 Å². The number of aromatic nitrogens is 1. The quantitative estimate of drug-likeness (QED) is 0.416. The third kappa shape index (κ3) is 3.06. The van der Waals surface area contributed by atoms with Crippen LogP contribution in [0.25, 0.3) is 11.0 Å². The van der Waals surface area contributed by atoms with E-state index in [1.54, 1.807) is 35.0 Å². The number of carbonyl (C=O) groups is 1. The summed E-state index contributed by atoms with van der Waals surface area (Å²) < 4.78 is 6.06. The Morgan fingerprint density at radius 1 is 1.00 bits per heavy atom. The molecule has 0 radical (unpaired) electrons. The number of nitrogens with zero attached hydrogens (tertiary/aromatic N) is 2. The molecule has 0 saturated carbocycles. The van der Waals surface area contributed by atoms with Gasteiger partial charge < -0.3 is 4.42 Å². The van der Waals surface area contributed by atoms with E-state index < -0.39 is 6.04 Å². The first-order valence-electron chi connectivity index (χ1n) is 9.96. The highest BCUT2D eigenvalue weighted by Gasteiger charge is 2.44. The number of carbonyl (C=O) groups excluding carboxylic acids is 1. The molecule has 0 bridgehead atoms. The average molecular weight is 429 g/mol. The molecular weight excluding hydrogens is 408 g/mol. The zero-order valence-corrected chi connectivity index (χ0v) is 18.2. The third-order valence-corrected chi connectivity index (χ3v) is 6.56. The normalized spacial score (nSPS) is 15.5. The monoisotopic (exact) mass is 428 g/mol. The molecule has 0 saturated heterocycles. The first-order chi connectivity index (χ1) is 15.0. The first kappa shape index (κ1) is 19.6. The standard InChI is InChI=1S/C25H20N2O3S/c1-14-12-18-19(13-15(14)2)30-24-21(23(18)28)22(16-7-9-17(31-3)10-8-16)27(25(24)29)20-6-4-5-11-26-20/h4-13,22H,1-3H3. The average Bonchev–Trinajstić information content (AvgIpc) is 3.08. The molecule has 3 heterocycles. The number of aryl methyl sites for hydroxylation is 2. The van der Waals surface area contributed by atoms with Crippen LogP contribution < -0.4 is 10.3 Å². The highest BCUT2D eigenvalue weighted by Crippen LogP contribution is 2.41. The number of anilines is 1. The second kappa shape index (κ2) is 7.39. The summed E-state index contributed by atoms with van der Waals surface area (Å²) in [4.78, 5) is 34.2. The number of amides is 1. The van der Waals surface area contributed by atoms with Crippen molar-refractivity contribution in [2.75, 3.05) is 11.2 Å². The Bertz CT molecular complexity index is 1380. The molecule has 5 nitrogen and oxygen atoms in total. The molecule has 0 fully saturated rings. The number of hydrogen-bond acceptors (Lipinski definition) is 5. The van der Waals surface area contributed by atoms with Crippen LogP contribution in [0.15, 0.2) is 74.9 Å². The summed E-state index contributed by atoms with van der Waals surface area (Å²) in [6.45, 7) is 3.92. The van der Waals surface area contributed by atoms with Gasteiger partial charge >= 0.3 is 0 Å². The molecule has 5 rings (SSSR count). The Hall–Kier alpha value is -3.38. The Balaban J connectivity index is 1.81. The molecule has 1 aliphatic heterocycles. The van der Waals surface area contributed by atoms with E-state index in [4.69, 9.17) is 4.42 Å². The molecule has 1 aliphatic rings. The van der Waals surface area contributed by atoms with E-state index in [0.717, 1.165) is 21.6 Å². The van der Waals surface area contributed by atoms with Crippen LogP contribution in [0.2, 0.25) is 0 Å². The van der Waals surface area contributed by atoms with Gasteiger partial charge in [0.2, 0.25) is 5.76 Å². The fourth-order valence-electron chi connectivity index (χ4n) is 4.06. The largest absolute Gasteiger partial charge is 0.450 e. The lowest BCUT2D eigenvalue weighted by atomic mass is 9.97. The van der Waals surface area contributed by atoms with Crippen LogP contribution in [0.4, 0.5) is 5.82 Å². The van der Waals surface area contributed by atoms with Gasteiger partial charge in [-0.3, -0.25) is 14.5 Å². The van der Waals surface area contributed by atoms with Crippen molar-refractivity contribution >= 4 is 34.5 Å². The molecular formula is C25H20N2O3S. The predicted octanol–water partition coefficient (Wildman–Crippen LogP) is 5.28. The van der Waals surface area contributed by atoms with E-state index >= 15 is 0 Å². The lowest BCUT2D eigenvalue weighted by molar-refractivity contribution is 0.0970. The van der Waals surface area contributed by atoms with Crippen molar-refractivity contribution in [1.29, 1.82) is 0 Å². The minimum atomic E-state index is -0.601. The third-order valence-electron chi connectivity index (χ3n) is 5.81. The molecule has 1 unspecified atom stereocenters. The second-order valence-electron chi connectivity index (χ2n) is 7.65. The molecule has 1 atom stereocenters. The number of fused-ring (bicyclic) bond motifs is 2. The topological polar surface area (TPSA) is 63.4 Å². The van der Waals surface area contributed by atoms with Crippen LogP contribution in [0.3, 0.4) is 0 Å². The van der Waals surface area contributed by atoms with Crippen molar-refractivity contribution < 1.29 is 9.21 Å². The van der Waals surface area contributed by atoms with E-state index in [0.29, 0.717) is 22.4 Å². The van der Waals surface area contributed by atoms with Gasteiger partial charge in [0.25, 0.3) is 5.91 Å². The van der Waals surface area contributed by atoms with Crippen LogP contribution in [0.5, 0.6) is 0 Å². The summed E-state index contributed by atoms with van der Waals surface area (Å²) in [6.07, 6.45) is 3.65. The van der Waals surface area contributed by atoms with Crippen molar-refractivity contribution in [1.82, 2.24) is 4.98 Å². The molecule has 0 aliphatic carbocycles. The van der Waals surface area contributed by atoms with E-state index in [1.807, 2.05) is 62.6 Å². The van der Waals surface area contributed by atoms with Crippen molar-refractivity contribution in [3.8, 4) is 0 Å². The molecule has 154 valence electrons. The Morgan fingerprint density at radius 3 is 2.42 bits per heavy atom. The van der Waals surface area contributed by atoms with Crippen LogP contribution >= 0.6 is 11.8 Å². The molecule has 2 aromatic heterocycles. The summed E-state index contributed by atoms with van der Waals surface area (Å²) in [6, 6.07) is 16.4. The fraction of sp³-hybridized carbons (Fsp3) is 0.160. The van der Waals surface area contributed by atoms with E-state index in [-0.39, 0.29) is 17.1 Å². The van der Waals surface area contributed by atoms with Gasteiger partial charge in [0.15, 0.2) is 5.43 Å². The van der Waals surface area contributed by atoms with Gasteiger partial charge in [0.1, 0.15) is 11.4 Å². The van der Waals surface area contributed by atoms with Gasteiger partial charge in [-0.2, -0.15) is 0 Å². The summed E-state index contributed by atoms with van der Waals surface area (Å²) in [7, 11) is 0. The van der Waals surface area contributed by atoms with Crippen LogP contribution in [-0.4, -0.2) is 17.1 Å². The number of hydrogen-bond donors (Lipinski definition) is 0. The van der Waals surface area contributed by atoms with Gasteiger partial charge in [-0.15, -0.1) is 11.8 Å². The predicted molar refractivity (Wildman–Crippen MR) is 123 cm³/mol. The number of thioether (sulfide) groups is 1. The van der Waals surface area contributed by atoms with E-state index in [2.05, 4.69) is 4.98 Å². The first-order valence-corrected chi connectivity index (χ1v) is 11.2. The Labute approximate surface area is 183 Å². The fourth-order valence-corrected chi connectivity index (χ4v) is 4.47. The Kier molecular flexibility index (Phi) is 4.67. The van der Waals surface area contributed by atoms with Gasteiger partial charge in [-0.05, 0) is 73.2 Å². The van der Waals surface area contributed by atoms with Crippen molar-refractivity contribution in [2.45, 2.75) is 24.8 Å². The summed E-state index contributed by atoms with van der Waals surface area (Å²) in [5.41, 5.74) is 3.47. The van der Waals surface area contributed by atoms with Gasteiger partial charge in [-0.1, -0.05) is 18.2 Å². The number of pyridine rings is 1. The lowest BCUT2D eigenvalue weighted by Gasteiger charge is -2.24. The second-order valence-corrected chi connectivity index (χ2v) is 8.53. The molecule has 2 aromatic carbocycles. The number of rotatable bonds is 3. The molecule has 31 heavy (non-hydrogen) atoms. The maximum absolute atomic E-state index is 13.6. The van der Waals surface area contributed by atoms with Crippen molar-refractivity contribution in [2.24, 2.45) is 0 Å². The highest BCUT2D eigenvalue weighted by atomic mass is 32.2. The minimum absolute atomic E-state index is 0.0883. The number of benzene rings is 2. The summed E-state index contributed by atoms with van der Waals surface area (Å²) in [5, 5.41) is 0.489. The van der Waals surface area contributed by atoms with E-state index in [9.17, 15) is 9.59 Å². The minimum Gasteiger partial charge on any atom is -0.450 e. The van der Waals surface area contributed by atoms with Crippen LogP contribution in [-0.2, 0) is 0 Å². The van der Waals surface area contributed by atoms with E-state index in [1.165, 1.54) is 0 Å². The molecule has 6 heteroatoms. The maximum atomic E-state index is 13.6. The molecule has 4 aromatic rings. The van der Waals surface area contributed by atoms with Crippen LogP contribution in [0, 0.1) is 13.8 Å². The SMILES string of the molecule is CSc1ccc(C2c3c(oc4cc(C)c(C)cc4c3=O)C(=O)N2c2ccccn2)cc1. The molecule has 1 amide bonds. The molecule has 0 spiro atoms. The van der Waals surface area contributed by atoms with Gasteiger partial charge in [0, 0.05) is 11.1 Å². The van der Waals surface area contributed by atoms with Crippen LogP contribution in [0.1, 0.15) is 38.9 Å². The van der Waals surface area contributed by atoms with Crippen molar-refractivity contribution in [3.63, 3.8) is 0 Å². The lowest BCUT2D eigenvalue weighted by Crippen LogP contribution is -2.30. The smallest absolute Gasteiger partial charge is 0.296 e. The van der Waals surface area contributed by atoms with Crippen molar-refractivity contribution in [3.05, 3.63) is 99.0 Å². The summed E-state index contributed by atoms with van der Waals surface area (Å²) >= 11 is 1.64. The Morgan fingerprint density at radius 2 is 1.74 bits per heavy atom. The summed E-state index contributed by atoms with van der Waals surface area (Å²) in [5.74, 6) is 0.212.